The Bertz CT molecular complexity index is 2430. The molecule has 5 rings (SSSR count). The van der Waals surface area contributed by atoms with Crippen molar-refractivity contribution < 1.29 is 59.1 Å². The van der Waals surface area contributed by atoms with Gasteiger partial charge < -0.3 is 62.8 Å². The molecule has 6 atom stereocenters. The Morgan fingerprint density at radius 1 is 0.485 bits per heavy atom. The van der Waals surface area contributed by atoms with E-state index in [1.807, 2.05) is 0 Å². The van der Waals surface area contributed by atoms with Crippen molar-refractivity contribution in [3.63, 3.8) is 0 Å². The van der Waals surface area contributed by atoms with Crippen LogP contribution >= 0.6 is 0 Å². The zero-order valence-electron chi connectivity index (χ0n) is 35.3. The highest BCUT2D eigenvalue weighted by Crippen LogP contribution is 2.16. The number of H-pyrrole nitrogens is 1. The third-order valence-electron chi connectivity index (χ3n) is 10.3. The van der Waals surface area contributed by atoms with E-state index in [1.165, 1.54) is 85.3 Å². The van der Waals surface area contributed by atoms with Crippen LogP contribution in [-0.2, 0) is 65.7 Å². The van der Waals surface area contributed by atoms with Gasteiger partial charge in [0.15, 0.2) is 0 Å². The highest BCUT2D eigenvalue weighted by molar-refractivity contribution is 5.97. The summed E-state index contributed by atoms with van der Waals surface area (Å²) in [5.41, 5.74) is 8.67. The lowest BCUT2D eigenvalue weighted by molar-refractivity contribution is -0.143. The van der Waals surface area contributed by atoms with Crippen molar-refractivity contribution in [2.24, 2.45) is 5.73 Å². The molecule has 0 aliphatic heterocycles. The highest BCUT2D eigenvalue weighted by atomic mass is 16.4. The molecule has 0 aliphatic carbocycles. The van der Waals surface area contributed by atoms with Crippen LogP contribution in [0, 0.1) is 0 Å². The standard InChI is InChI=1S/C46H50N8O12/c47-34(22-30-24-48-25-49-30)41(60)50-35(19-27-6-12-31(55)13-7-27)42(61)52-37(20-28-8-14-32(56)15-9-28)43(62)51-36(18-26-4-2-1-3-5-26)44(63)53-38(23-40(58)59)45(64)54-39(46(65)66)21-29-10-16-33(57)17-11-29/h1-17,24-25,34-39,55-57H,18-23,47H2,(H,48,49)(H,50,60)(H,51,62)(H,52,61)(H,53,63)(H,54,64)(H,58,59)(H,65,66)/t34-,35-,36-,37-,38-,39-/m0/s1. The number of amides is 5. The summed E-state index contributed by atoms with van der Waals surface area (Å²) in [5.74, 6) is -7.83. The molecule has 0 spiro atoms. The lowest BCUT2D eigenvalue weighted by Crippen LogP contribution is -2.60. The molecule has 20 nitrogen and oxygen atoms in total. The second-order valence-corrected chi connectivity index (χ2v) is 15.4. The van der Waals surface area contributed by atoms with E-state index in [1.54, 1.807) is 30.3 Å². The van der Waals surface area contributed by atoms with Crippen LogP contribution in [-0.4, -0.2) is 113 Å². The number of aromatic hydroxyl groups is 3. The molecule has 5 amide bonds. The topological polar surface area (TPSA) is 335 Å². The van der Waals surface area contributed by atoms with Gasteiger partial charge in [-0.2, -0.15) is 0 Å². The minimum atomic E-state index is -1.83. The van der Waals surface area contributed by atoms with Crippen molar-refractivity contribution in [3.05, 3.63) is 144 Å². The maximum absolute atomic E-state index is 14.4. The van der Waals surface area contributed by atoms with E-state index in [-0.39, 0.29) is 49.4 Å². The lowest BCUT2D eigenvalue weighted by atomic mass is 10.00. The van der Waals surface area contributed by atoms with E-state index in [9.17, 15) is 59.1 Å². The minimum Gasteiger partial charge on any atom is -0.508 e. The summed E-state index contributed by atoms with van der Waals surface area (Å²) in [6.45, 7) is 0. The van der Waals surface area contributed by atoms with Crippen LogP contribution in [0.1, 0.15) is 34.4 Å². The van der Waals surface area contributed by atoms with E-state index in [4.69, 9.17) is 5.73 Å². The second kappa shape index (κ2) is 23.4. The van der Waals surface area contributed by atoms with Gasteiger partial charge in [-0.1, -0.05) is 66.7 Å². The van der Waals surface area contributed by atoms with Crippen LogP contribution in [0.25, 0.3) is 0 Å². The molecule has 0 unspecified atom stereocenters. The summed E-state index contributed by atoms with van der Waals surface area (Å²) < 4.78 is 0. The van der Waals surface area contributed by atoms with Gasteiger partial charge in [-0.15, -0.1) is 0 Å². The summed E-state index contributed by atoms with van der Waals surface area (Å²) in [6, 6.07) is 16.6. The van der Waals surface area contributed by atoms with E-state index < -0.39 is 84.1 Å². The maximum atomic E-state index is 14.4. The molecule has 66 heavy (non-hydrogen) atoms. The van der Waals surface area contributed by atoms with Gasteiger partial charge in [-0.05, 0) is 58.7 Å². The molecular formula is C46H50N8O12. The fourth-order valence-electron chi connectivity index (χ4n) is 6.76. The van der Waals surface area contributed by atoms with Crippen molar-refractivity contribution in [3.8, 4) is 17.2 Å². The first-order chi connectivity index (χ1) is 31.5. The largest absolute Gasteiger partial charge is 0.508 e. The van der Waals surface area contributed by atoms with Gasteiger partial charge in [-0.3, -0.25) is 28.8 Å². The molecule has 1 aromatic heterocycles. The predicted octanol–water partition coefficient (Wildman–Crippen LogP) is 0.350. The summed E-state index contributed by atoms with van der Waals surface area (Å²) in [6.07, 6.45) is 1.19. The maximum Gasteiger partial charge on any atom is 0.326 e. The third kappa shape index (κ3) is 15.2. The number of carbonyl (C=O) groups is 7. The van der Waals surface area contributed by atoms with Crippen LogP contribution in [0.4, 0.5) is 0 Å². The molecule has 346 valence electrons. The van der Waals surface area contributed by atoms with Crippen LogP contribution in [0.5, 0.6) is 17.2 Å². The summed E-state index contributed by atoms with van der Waals surface area (Å²) in [7, 11) is 0. The van der Waals surface area contributed by atoms with E-state index in [0.717, 1.165) is 0 Å². The first-order valence-corrected chi connectivity index (χ1v) is 20.6. The molecule has 0 saturated heterocycles. The number of carboxylic acid groups (broad SMARTS) is 2. The SMILES string of the molecule is N[C@@H](Cc1cnc[nH]1)C(=O)N[C@@H](Cc1ccc(O)cc1)C(=O)N[C@@H](Cc1ccc(O)cc1)C(=O)N[C@@H](Cc1ccccc1)C(=O)N[C@@H](CC(=O)O)C(=O)N[C@@H](Cc1ccc(O)cc1)C(=O)O. The number of aromatic nitrogens is 2. The number of phenolic OH excluding ortho intramolecular Hbond substituents is 3. The first kappa shape index (κ1) is 48.8. The Kier molecular flexibility index (Phi) is 17.3. The van der Waals surface area contributed by atoms with E-state index in [2.05, 4.69) is 36.6 Å². The van der Waals surface area contributed by atoms with Gasteiger partial charge in [0.05, 0.1) is 18.8 Å². The van der Waals surface area contributed by atoms with Gasteiger partial charge in [0, 0.05) is 44.0 Å². The number of hydrogen-bond acceptors (Lipinski definition) is 12. The number of hydrogen-bond donors (Lipinski definition) is 12. The van der Waals surface area contributed by atoms with Crippen LogP contribution < -0.4 is 32.3 Å². The van der Waals surface area contributed by atoms with Crippen molar-refractivity contribution in [2.45, 2.75) is 74.8 Å². The average Bonchev–Trinajstić information content (AvgIpc) is 3.80. The van der Waals surface area contributed by atoms with Crippen LogP contribution in [0.2, 0.25) is 0 Å². The highest BCUT2D eigenvalue weighted by Gasteiger charge is 2.34. The van der Waals surface area contributed by atoms with Crippen molar-refractivity contribution >= 4 is 41.5 Å². The summed E-state index contributed by atoms with van der Waals surface area (Å²) in [4.78, 5) is 101. The molecule has 4 aromatic carbocycles. The molecule has 13 N–H and O–H groups in total. The second-order valence-electron chi connectivity index (χ2n) is 15.4. The molecule has 20 heteroatoms. The Hall–Kier alpha value is -8.26. The predicted molar refractivity (Wildman–Crippen MR) is 235 cm³/mol. The number of aromatic amines is 1. The number of nitrogens with two attached hydrogens (primary N) is 1. The minimum absolute atomic E-state index is 0.0462. The molecule has 0 saturated carbocycles. The molecule has 0 bridgehead atoms. The number of rotatable bonds is 23. The van der Waals surface area contributed by atoms with Gasteiger partial charge >= 0.3 is 11.9 Å². The van der Waals surface area contributed by atoms with Gasteiger partial charge in [-0.25, -0.2) is 9.78 Å². The quantitative estimate of drug-likeness (QED) is 0.0421. The Morgan fingerprint density at radius 3 is 1.24 bits per heavy atom. The number of nitrogens with one attached hydrogen (secondary N) is 6. The molecular weight excluding hydrogens is 857 g/mol. The van der Waals surface area contributed by atoms with Gasteiger partial charge in [0.25, 0.3) is 0 Å². The van der Waals surface area contributed by atoms with Gasteiger partial charge in [0.2, 0.25) is 29.5 Å². The number of aliphatic carboxylic acids is 2. The van der Waals surface area contributed by atoms with Crippen LogP contribution in [0.15, 0.2) is 116 Å². The number of carboxylic acids is 2. The zero-order chi connectivity index (χ0) is 47.8. The summed E-state index contributed by atoms with van der Waals surface area (Å²) >= 11 is 0. The molecule has 5 aromatic rings. The number of phenols is 3. The Labute approximate surface area is 377 Å². The molecule has 1 heterocycles. The number of carbonyl (C=O) groups excluding carboxylic acids is 5. The Balaban J connectivity index is 1.41. The van der Waals surface area contributed by atoms with Crippen LogP contribution in [0.3, 0.4) is 0 Å². The van der Waals surface area contributed by atoms with Gasteiger partial charge in [0.1, 0.15) is 47.5 Å². The number of imidazole rings is 1. The molecule has 0 radical (unpaired) electrons. The summed E-state index contributed by atoms with van der Waals surface area (Å²) in [5, 5.41) is 61.6. The van der Waals surface area contributed by atoms with Crippen molar-refractivity contribution in [2.75, 3.05) is 0 Å². The van der Waals surface area contributed by atoms with Crippen molar-refractivity contribution in [1.29, 1.82) is 0 Å². The number of nitrogens with zero attached hydrogens (tertiary/aromatic N) is 1. The lowest BCUT2D eigenvalue weighted by Gasteiger charge is -2.27. The monoisotopic (exact) mass is 906 g/mol. The number of benzene rings is 4. The normalized spacial score (nSPS) is 13.7. The zero-order valence-corrected chi connectivity index (χ0v) is 35.3. The van der Waals surface area contributed by atoms with E-state index in [0.29, 0.717) is 27.9 Å². The smallest absolute Gasteiger partial charge is 0.326 e. The average molecular weight is 907 g/mol. The molecule has 0 fully saturated rings. The van der Waals surface area contributed by atoms with E-state index >= 15 is 0 Å². The fourth-order valence-corrected chi connectivity index (χ4v) is 6.76. The fraction of sp³-hybridized carbons (Fsp3) is 0.261. The first-order valence-electron chi connectivity index (χ1n) is 20.6. The third-order valence-corrected chi connectivity index (χ3v) is 10.3. The Morgan fingerprint density at radius 2 is 0.848 bits per heavy atom. The molecule has 0 aliphatic rings. The van der Waals surface area contributed by atoms with Crippen molar-refractivity contribution in [1.82, 2.24) is 36.6 Å².